The molecule has 3 unspecified atom stereocenters. The average Bonchev–Trinajstić information content (AvgIpc) is 2.85. The topological polar surface area (TPSA) is 39.1 Å². The third-order valence-corrected chi connectivity index (χ3v) is 3.84. The van der Waals surface area contributed by atoms with Crippen molar-refractivity contribution in [1.82, 2.24) is 15.1 Å². The number of rotatable bonds is 5. The maximum atomic E-state index is 5.91. The molecule has 1 saturated heterocycles. The van der Waals surface area contributed by atoms with Crippen molar-refractivity contribution in [1.29, 1.82) is 0 Å². The van der Waals surface area contributed by atoms with Crippen molar-refractivity contribution in [2.75, 3.05) is 13.2 Å². The van der Waals surface area contributed by atoms with Gasteiger partial charge in [0.25, 0.3) is 0 Å². The first-order chi connectivity index (χ1) is 8.61. The molecule has 0 aromatic carbocycles. The lowest BCUT2D eigenvalue weighted by Gasteiger charge is -2.26. The second-order valence-electron chi connectivity index (χ2n) is 5.37. The van der Waals surface area contributed by atoms with Crippen LogP contribution in [0.15, 0.2) is 6.07 Å². The van der Waals surface area contributed by atoms with E-state index >= 15 is 0 Å². The third-order valence-electron chi connectivity index (χ3n) is 3.84. The maximum Gasteiger partial charge on any atom is 0.0758 e. The number of hydrogen-bond acceptors (Lipinski definition) is 3. The Morgan fingerprint density at radius 2 is 2.39 bits per heavy atom. The number of nitrogens with zero attached hydrogens (tertiary/aromatic N) is 2. The van der Waals surface area contributed by atoms with E-state index in [4.69, 9.17) is 4.74 Å². The average molecular weight is 251 g/mol. The van der Waals surface area contributed by atoms with Gasteiger partial charge in [-0.25, -0.2) is 0 Å². The number of likely N-dealkylation sites (N-methyl/N-ethyl adjacent to an activating group) is 1. The first kappa shape index (κ1) is 13.6. The summed E-state index contributed by atoms with van der Waals surface area (Å²) in [5, 5.41) is 7.99. The summed E-state index contributed by atoms with van der Waals surface area (Å²) in [5.41, 5.74) is 2.37. The number of ether oxygens (including phenoxy) is 1. The first-order valence-corrected chi connectivity index (χ1v) is 6.96. The molecular weight excluding hydrogens is 226 g/mol. The van der Waals surface area contributed by atoms with Crippen molar-refractivity contribution in [2.24, 2.45) is 13.0 Å². The molecule has 0 spiro atoms. The van der Waals surface area contributed by atoms with Crippen LogP contribution in [0, 0.1) is 12.8 Å². The van der Waals surface area contributed by atoms with E-state index < -0.39 is 0 Å². The quantitative estimate of drug-likeness (QED) is 0.865. The van der Waals surface area contributed by atoms with Gasteiger partial charge in [0.2, 0.25) is 0 Å². The molecule has 0 saturated carbocycles. The van der Waals surface area contributed by atoms with Crippen LogP contribution in [0.1, 0.15) is 31.7 Å². The Labute approximate surface area is 110 Å². The Kier molecular flexibility index (Phi) is 4.40. The highest BCUT2D eigenvalue weighted by molar-refractivity contribution is 5.11. The molecule has 1 aromatic rings. The van der Waals surface area contributed by atoms with Crippen LogP contribution in [0.3, 0.4) is 0 Å². The standard InChI is InChI=1S/C14H25N3O/c1-5-15-13(14-10(2)6-7-18-14)9-12-8-11(3)16-17(12)4/h8,10,13-15H,5-7,9H2,1-4H3. The molecule has 0 amide bonds. The molecule has 3 atom stereocenters. The highest BCUT2D eigenvalue weighted by Crippen LogP contribution is 2.24. The maximum absolute atomic E-state index is 5.91. The van der Waals surface area contributed by atoms with Gasteiger partial charge in [0.1, 0.15) is 0 Å². The predicted molar refractivity (Wildman–Crippen MR) is 72.6 cm³/mol. The Morgan fingerprint density at radius 3 is 2.89 bits per heavy atom. The summed E-state index contributed by atoms with van der Waals surface area (Å²) < 4.78 is 7.89. The van der Waals surface area contributed by atoms with Gasteiger partial charge in [0, 0.05) is 31.8 Å². The highest BCUT2D eigenvalue weighted by atomic mass is 16.5. The molecule has 0 radical (unpaired) electrons. The van der Waals surface area contributed by atoms with Gasteiger partial charge < -0.3 is 10.1 Å². The van der Waals surface area contributed by atoms with E-state index in [2.05, 4.69) is 30.3 Å². The minimum absolute atomic E-state index is 0.333. The number of nitrogens with one attached hydrogen (secondary N) is 1. The summed E-state index contributed by atoms with van der Waals surface area (Å²) in [6.07, 6.45) is 2.50. The van der Waals surface area contributed by atoms with Crippen LogP contribution in [0.4, 0.5) is 0 Å². The molecule has 1 N–H and O–H groups in total. The molecule has 2 heterocycles. The van der Waals surface area contributed by atoms with Crippen molar-refractivity contribution < 1.29 is 4.74 Å². The van der Waals surface area contributed by atoms with Gasteiger partial charge >= 0.3 is 0 Å². The lowest BCUT2D eigenvalue weighted by Crippen LogP contribution is -2.44. The first-order valence-electron chi connectivity index (χ1n) is 6.96. The third kappa shape index (κ3) is 2.93. The zero-order chi connectivity index (χ0) is 13.1. The molecule has 1 aliphatic heterocycles. The second kappa shape index (κ2) is 5.85. The largest absolute Gasteiger partial charge is 0.376 e. The number of hydrogen-bond donors (Lipinski definition) is 1. The Hall–Kier alpha value is -0.870. The zero-order valence-electron chi connectivity index (χ0n) is 11.9. The van der Waals surface area contributed by atoms with E-state index in [-0.39, 0.29) is 0 Å². The minimum atomic E-state index is 0.333. The van der Waals surface area contributed by atoms with Crippen LogP contribution in [-0.2, 0) is 18.2 Å². The smallest absolute Gasteiger partial charge is 0.0758 e. The molecule has 0 bridgehead atoms. The van der Waals surface area contributed by atoms with Gasteiger partial charge in [-0.1, -0.05) is 13.8 Å². The van der Waals surface area contributed by atoms with E-state index in [1.54, 1.807) is 0 Å². The second-order valence-corrected chi connectivity index (χ2v) is 5.37. The van der Waals surface area contributed by atoms with Gasteiger partial charge in [-0.3, -0.25) is 4.68 Å². The fraction of sp³-hybridized carbons (Fsp3) is 0.786. The van der Waals surface area contributed by atoms with Crippen LogP contribution < -0.4 is 5.32 Å². The van der Waals surface area contributed by atoms with Crippen molar-refractivity contribution in [3.8, 4) is 0 Å². The van der Waals surface area contributed by atoms with E-state index in [9.17, 15) is 0 Å². The summed E-state index contributed by atoms with van der Waals surface area (Å²) in [5.74, 6) is 0.642. The van der Waals surface area contributed by atoms with E-state index in [1.807, 2.05) is 18.7 Å². The van der Waals surface area contributed by atoms with Crippen LogP contribution in [0.25, 0.3) is 0 Å². The zero-order valence-corrected chi connectivity index (χ0v) is 11.9. The fourth-order valence-corrected chi connectivity index (χ4v) is 2.88. The molecule has 1 aromatic heterocycles. The lowest BCUT2D eigenvalue weighted by molar-refractivity contribution is 0.0609. The molecule has 2 rings (SSSR count). The number of aromatic nitrogens is 2. The summed E-state index contributed by atoms with van der Waals surface area (Å²) in [4.78, 5) is 0. The van der Waals surface area contributed by atoms with E-state index in [1.165, 1.54) is 12.1 Å². The van der Waals surface area contributed by atoms with Crippen LogP contribution in [0.5, 0.6) is 0 Å². The fourth-order valence-electron chi connectivity index (χ4n) is 2.88. The van der Waals surface area contributed by atoms with Gasteiger partial charge in [0.15, 0.2) is 0 Å². The molecular formula is C14H25N3O. The van der Waals surface area contributed by atoms with Crippen LogP contribution in [-0.4, -0.2) is 35.1 Å². The Bertz CT molecular complexity index is 388. The molecule has 1 aliphatic rings. The van der Waals surface area contributed by atoms with Crippen molar-refractivity contribution in [3.63, 3.8) is 0 Å². The van der Waals surface area contributed by atoms with Crippen molar-refractivity contribution >= 4 is 0 Å². The van der Waals surface area contributed by atoms with Gasteiger partial charge in [-0.15, -0.1) is 0 Å². The Balaban J connectivity index is 2.08. The molecule has 102 valence electrons. The summed E-state index contributed by atoms with van der Waals surface area (Å²) in [6, 6.07) is 2.56. The van der Waals surface area contributed by atoms with E-state index in [0.717, 1.165) is 25.3 Å². The summed E-state index contributed by atoms with van der Waals surface area (Å²) in [6.45, 7) is 8.37. The lowest BCUT2D eigenvalue weighted by atomic mass is 9.94. The van der Waals surface area contributed by atoms with E-state index in [0.29, 0.717) is 18.1 Å². The summed E-state index contributed by atoms with van der Waals surface area (Å²) in [7, 11) is 2.02. The predicted octanol–water partition coefficient (Wildman–Crippen LogP) is 1.67. The molecule has 4 heteroatoms. The molecule has 18 heavy (non-hydrogen) atoms. The molecule has 1 fully saturated rings. The highest BCUT2D eigenvalue weighted by Gasteiger charge is 2.32. The van der Waals surface area contributed by atoms with Crippen molar-refractivity contribution in [2.45, 2.75) is 45.8 Å². The monoisotopic (exact) mass is 251 g/mol. The normalized spacial score (nSPS) is 25.6. The van der Waals surface area contributed by atoms with Crippen LogP contribution in [0.2, 0.25) is 0 Å². The number of aryl methyl sites for hydroxylation is 2. The van der Waals surface area contributed by atoms with Gasteiger partial charge in [-0.05, 0) is 31.9 Å². The van der Waals surface area contributed by atoms with Gasteiger partial charge in [0.05, 0.1) is 11.8 Å². The molecule has 4 nitrogen and oxygen atoms in total. The summed E-state index contributed by atoms with van der Waals surface area (Å²) >= 11 is 0. The molecule has 0 aliphatic carbocycles. The SMILES string of the molecule is CCNC(Cc1cc(C)nn1C)C1OCCC1C. The van der Waals surface area contributed by atoms with Crippen LogP contribution >= 0.6 is 0 Å². The Morgan fingerprint density at radius 1 is 1.61 bits per heavy atom. The van der Waals surface area contributed by atoms with Gasteiger partial charge in [-0.2, -0.15) is 5.10 Å². The minimum Gasteiger partial charge on any atom is -0.376 e. The van der Waals surface area contributed by atoms with Crippen molar-refractivity contribution in [3.05, 3.63) is 17.5 Å².